The lowest BCUT2D eigenvalue weighted by Crippen LogP contribution is -2.10. The number of hydrogen-bond donors (Lipinski definition) is 3. The van der Waals surface area contributed by atoms with Crippen molar-refractivity contribution in [2.45, 2.75) is 6.10 Å². The van der Waals surface area contributed by atoms with Crippen molar-refractivity contribution < 1.29 is 25.0 Å². The summed E-state index contributed by atoms with van der Waals surface area (Å²) in [5, 5.41) is 37.0. The summed E-state index contributed by atoms with van der Waals surface area (Å²) in [7, 11) is 0. The maximum atomic E-state index is 10.4. The third-order valence-electron chi connectivity index (χ3n) is 1.75. The quantitative estimate of drug-likeness (QED) is 0.494. The number of phenolic OH excluding ortho intramolecular Hbond substituents is 1. The van der Waals surface area contributed by atoms with Crippen LogP contribution in [0.25, 0.3) is 0 Å². The SMILES string of the molecule is O=C(O)C(O)c1ccc(O)c([N+](=O)[O-])c1. The number of carbonyl (C=O) groups is 1. The normalized spacial score (nSPS) is 12.1. The molecule has 0 saturated carbocycles. The standard InChI is InChI=1S/C8H7NO6/c10-6-2-1-4(7(11)8(12)13)3-5(6)9(14)15/h1-3,7,10-11H,(H,12,13). The number of hydrogen-bond acceptors (Lipinski definition) is 5. The van der Waals surface area contributed by atoms with Gasteiger partial charge in [-0.3, -0.25) is 10.1 Å². The first kappa shape index (κ1) is 10.9. The molecule has 0 fully saturated rings. The van der Waals surface area contributed by atoms with E-state index in [9.17, 15) is 14.9 Å². The lowest BCUT2D eigenvalue weighted by Gasteiger charge is -2.05. The molecule has 0 spiro atoms. The lowest BCUT2D eigenvalue weighted by atomic mass is 10.1. The molecular formula is C8H7NO6. The van der Waals surface area contributed by atoms with Crippen LogP contribution in [0.2, 0.25) is 0 Å². The van der Waals surface area contributed by atoms with Crippen LogP contribution < -0.4 is 0 Å². The van der Waals surface area contributed by atoms with E-state index in [1.165, 1.54) is 0 Å². The summed E-state index contributed by atoms with van der Waals surface area (Å²) in [5.74, 6) is -2.10. The molecule has 80 valence electrons. The van der Waals surface area contributed by atoms with Crippen LogP contribution in [0.5, 0.6) is 5.75 Å². The fraction of sp³-hybridized carbons (Fsp3) is 0.125. The number of aliphatic hydroxyl groups excluding tert-OH is 1. The molecule has 0 saturated heterocycles. The molecule has 1 aromatic carbocycles. The van der Waals surface area contributed by atoms with Crippen LogP contribution in [0.4, 0.5) is 5.69 Å². The number of aromatic hydroxyl groups is 1. The third-order valence-corrected chi connectivity index (χ3v) is 1.75. The highest BCUT2D eigenvalue weighted by molar-refractivity contribution is 5.74. The Hall–Kier alpha value is -2.15. The van der Waals surface area contributed by atoms with E-state index in [0.29, 0.717) is 0 Å². The Bertz CT molecular complexity index is 416. The average molecular weight is 213 g/mol. The Morgan fingerprint density at radius 1 is 1.47 bits per heavy atom. The molecule has 0 aliphatic carbocycles. The van der Waals surface area contributed by atoms with Crippen molar-refractivity contribution in [1.82, 2.24) is 0 Å². The van der Waals surface area contributed by atoms with Crippen LogP contribution in [-0.4, -0.2) is 26.2 Å². The zero-order valence-electron chi connectivity index (χ0n) is 7.32. The van der Waals surface area contributed by atoms with Gasteiger partial charge in [0.2, 0.25) is 0 Å². The largest absolute Gasteiger partial charge is 0.502 e. The average Bonchev–Trinajstić information content (AvgIpc) is 2.16. The Labute approximate surface area is 83.4 Å². The Kier molecular flexibility index (Phi) is 2.86. The summed E-state index contributed by atoms with van der Waals surface area (Å²) in [4.78, 5) is 19.9. The van der Waals surface area contributed by atoms with Gasteiger partial charge in [-0.1, -0.05) is 6.07 Å². The van der Waals surface area contributed by atoms with Gasteiger partial charge >= 0.3 is 11.7 Å². The van der Waals surface area contributed by atoms with Crippen LogP contribution in [0.3, 0.4) is 0 Å². The third kappa shape index (κ3) is 2.20. The first-order valence-electron chi connectivity index (χ1n) is 3.81. The van der Waals surface area contributed by atoms with Gasteiger partial charge in [0.05, 0.1) is 4.92 Å². The van der Waals surface area contributed by atoms with Gasteiger partial charge in [0.1, 0.15) is 0 Å². The zero-order chi connectivity index (χ0) is 11.6. The molecule has 1 atom stereocenters. The van der Waals surface area contributed by atoms with Crippen molar-refractivity contribution in [1.29, 1.82) is 0 Å². The molecule has 1 aromatic rings. The highest BCUT2D eigenvalue weighted by atomic mass is 16.6. The number of carboxylic acids is 1. The van der Waals surface area contributed by atoms with E-state index in [4.69, 9.17) is 15.3 Å². The van der Waals surface area contributed by atoms with Crippen LogP contribution >= 0.6 is 0 Å². The lowest BCUT2D eigenvalue weighted by molar-refractivity contribution is -0.386. The second-order valence-corrected chi connectivity index (χ2v) is 2.75. The van der Waals surface area contributed by atoms with E-state index < -0.39 is 28.4 Å². The number of aliphatic carboxylic acids is 1. The van der Waals surface area contributed by atoms with Gasteiger partial charge in [0, 0.05) is 6.07 Å². The van der Waals surface area contributed by atoms with Crippen LogP contribution in [0.15, 0.2) is 18.2 Å². The molecule has 15 heavy (non-hydrogen) atoms. The predicted molar refractivity (Wildman–Crippen MR) is 47.4 cm³/mol. The summed E-state index contributed by atoms with van der Waals surface area (Å²) >= 11 is 0. The van der Waals surface area contributed by atoms with Gasteiger partial charge in [-0.2, -0.15) is 0 Å². The van der Waals surface area contributed by atoms with Gasteiger partial charge in [-0.15, -0.1) is 0 Å². The monoisotopic (exact) mass is 213 g/mol. The van der Waals surface area contributed by atoms with Crippen LogP contribution in [0.1, 0.15) is 11.7 Å². The minimum Gasteiger partial charge on any atom is -0.502 e. The van der Waals surface area contributed by atoms with Gasteiger partial charge in [0.25, 0.3) is 0 Å². The van der Waals surface area contributed by atoms with Crippen molar-refractivity contribution in [3.8, 4) is 5.75 Å². The van der Waals surface area contributed by atoms with E-state index in [0.717, 1.165) is 18.2 Å². The van der Waals surface area contributed by atoms with Crippen molar-refractivity contribution >= 4 is 11.7 Å². The first-order valence-corrected chi connectivity index (χ1v) is 3.81. The molecule has 7 heteroatoms. The number of nitro groups is 1. The summed E-state index contributed by atoms with van der Waals surface area (Å²) in [6.07, 6.45) is -1.84. The molecule has 3 N–H and O–H groups in total. The summed E-state index contributed by atoms with van der Waals surface area (Å²) in [6, 6.07) is 2.87. The van der Waals surface area contributed by atoms with E-state index in [1.54, 1.807) is 0 Å². The van der Waals surface area contributed by atoms with Crippen molar-refractivity contribution in [2.75, 3.05) is 0 Å². The van der Waals surface area contributed by atoms with Crippen LogP contribution in [0, 0.1) is 10.1 Å². The van der Waals surface area contributed by atoms with Gasteiger partial charge in [-0.25, -0.2) is 4.79 Å². The topological polar surface area (TPSA) is 121 Å². The Morgan fingerprint density at radius 3 is 2.53 bits per heavy atom. The zero-order valence-corrected chi connectivity index (χ0v) is 7.32. The number of benzene rings is 1. The molecule has 0 aliphatic heterocycles. The first-order chi connectivity index (χ1) is 6.93. The second-order valence-electron chi connectivity index (χ2n) is 2.75. The minimum atomic E-state index is -1.84. The van der Waals surface area contributed by atoms with Gasteiger partial charge in [-0.05, 0) is 11.6 Å². The second kappa shape index (κ2) is 3.93. The van der Waals surface area contributed by atoms with Gasteiger partial charge < -0.3 is 15.3 Å². The molecule has 1 unspecified atom stereocenters. The maximum Gasteiger partial charge on any atom is 0.337 e. The van der Waals surface area contributed by atoms with Crippen molar-refractivity contribution in [3.63, 3.8) is 0 Å². The van der Waals surface area contributed by atoms with E-state index in [1.807, 2.05) is 0 Å². The number of nitro benzene ring substituents is 1. The molecule has 0 bridgehead atoms. The molecular weight excluding hydrogens is 206 g/mol. The molecule has 1 rings (SSSR count). The fourth-order valence-corrected chi connectivity index (χ4v) is 0.999. The number of nitrogens with zero attached hydrogens (tertiary/aromatic N) is 1. The van der Waals surface area contributed by atoms with E-state index in [-0.39, 0.29) is 5.56 Å². The molecule has 0 heterocycles. The van der Waals surface area contributed by atoms with Crippen molar-refractivity contribution in [3.05, 3.63) is 33.9 Å². The summed E-state index contributed by atoms with van der Waals surface area (Å²) in [5.41, 5.74) is -0.806. The number of aliphatic hydroxyl groups is 1. The Balaban J connectivity index is 3.18. The molecule has 0 amide bonds. The minimum absolute atomic E-state index is 0.160. The number of carboxylic acid groups (broad SMARTS) is 1. The number of phenols is 1. The summed E-state index contributed by atoms with van der Waals surface area (Å²) in [6.45, 7) is 0. The summed E-state index contributed by atoms with van der Waals surface area (Å²) < 4.78 is 0. The molecule has 0 aliphatic rings. The predicted octanol–water partition coefficient (Wildman–Crippen LogP) is 0.418. The number of rotatable bonds is 3. The van der Waals surface area contributed by atoms with E-state index in [2.05, 4.69) is 0 Å². The maximum absolute atomic E-state index is 10.4. The Morgan fingerprint density at radius 2 is 2.07 bits per heavy atom. The van der Waals surface area contributed by atoms with E-state index >= 15 is 0 Å². The van der Waals surface area contributed by atoms with Crippen LogP contribution in [-0.2, 0) is 4.79 Å². The van der Waals surface area contributed by atoms with Crippen molar-refractivity contribution in [2.24, 2.45) is 0 Å². The van der Waals surface area contributed by atoms with Gasteiger partial charge in [0.15, 0.2) is 11.9 Å². The fourth-order valence-electron chi connectivity index (χ4n) is 0.999. The molecule has 0 radical (unpaired) electrons. The smallest absolute Gasteiger partial charge is 0.337 e. The molecule has 7 nitrogen and oxygen atoms in total. The highest BCUT2D eigenvalue weighted by Gasteiger charge is 2.21. The molecule has 0 aromatic heterocycles. The highest BCUT2D eigenvalue weighted by Crippen LogP contribution is 2.28.